The van der Waals surface area contributed by atoms with E-state index in [1.54, 1.807) is 25.3 Å². The summed E-state index contributed by atoms with van der Waals surface area (Å²) >= 11 is 0. The molecule has 7 nitrogen and oxygen atoms in total. The summed E-state index contributed by atoms with van der Waals surface area (Å²) in [4.78, 5) is 19.3. The molecule has 0 spiro atoms. The molecule has 2 aromatic rings. The van der Waals surface area contributed by atoms with Crippen LogP contribution >= 0.6 is 0 Å². The predicted molar refractivity (Wildman–Crippen MR) is 126 cm³/mol. The Kier molecular flexibility index (Phi) is 8.15. The highest BCUT2D eigenvalue weighted by Crippen LogP contribution is 2.20. The summed E-state index contributed by atoms with van der Waals surface area (Å²) in [6, 6.07) is 16.1. The molecule has 1 aliphatic heterocycles. The number of benzene rings is 2. The number of hydrogen-bond acceptors (Lipinski definition) is 4. The Morgan fingerprint density at radius 3 is 2.74 bits per heavy atom. The highest BCUT2D eigenvalue weighted by atomic mass is 16.5. The first kappa shape index (κ1) is 22.5. The number of methoxy groups -OCH3 is 1. The van der Waals surface area contributed by atoms with Gasteiger partial charge in [-0.1, -0.05) is 23.8 Å². The van der Waals surface area contributed by atoms with Gasteiger partial charge in [0.25, 0.3) is 5.91 Å². The lowest BCUT2D eigenvalue weighted by atomic mass is 10.2. The number of carbonyl (C=O) groups is 1. The summed E-state index contributed by atoms with van der Waals surface area (Å²) < 4.78 is 5.17. The number of amides is 1. The van der Waals surface area contributed by atoms with Gasteiger partial charge in [-0.2, -0.15) is 0 Å². The van der Waals surface area contributed by atoms with E-state index in [0.717, 1.165) is 32.0 Å². The summed E-state index contributed by atoms with van der Waals surface area (Å²) in [5.41, 5.74) is 3.12. The highest BCUT2D eigenvalue weighted by Gasteiger charge is 2.23. The minimum Gasteiger partial charge on any atom is -0.497 e. The van der Waals surface area contributed by atoms with Crippen molar-refractivity contribution >= 4 is 17.6 Å². The number of guanidine groups is 1. The molecule has 1 saturated heterocycles. The number of nitrogens with zero attached hydrogens (tertiary/aromatic N) is 2. The molecule has 1 aliphatic rings. The summed E-state index contributed by atoms with van der Waals surface area (Å²) in [7, 11) is 1.59. The molecule has 0 aliphatic carbocycles. The highest BCUT2D eigenvalue weighted by molar-refractivity contribution is 5.94. The van der Waals surface area contributed by atoms with E-state index in [9.17, 15) is 4.79 Å². The average Bonchev–Trinajstić information content (AvgIpc) is 3.25. The summed E-state index contributed by atoms with van der Waals surface area (Å²) in [6.45, 7) is 7.88. The normalized spacial score (nSPS) is 16.2. The lowest BCUT2D eigenvalue weighted by Crippen LogP contribution is -2.45. The van der Waals surface area contributed by atoms with Gasteiger partial charge in [-0.15, -0.1) is 0 Å². The molecule has 3 N–H and O–H groups in total. The van der Waals surface area contributed by atoms with Gasteiger partial charge >= 0.3 is 0 Å². The van der Waals surface area contributed by atoms with Gasteiger partial charge in [-0.05, 0) is 50.6 Å². The number of anilines is 1. The fourth-order valence-electron chi connectivity index (χ4n) is 3.59. The first-order valence-corrected chi connectivity index (χ1v) is 10.9. The Bertz CT molecular complexity index is 882. The number of rotatable bonds is 8. The van der Waals surface area contributed by atoms with Crippen molar-refractivity contribution in [3.63, 3.8) is 0 Å². The van der Waals surface area contributed by atoms with Gasteiger partial charge in [-0.25, -0.2) is 0 Å². The predicted octanol–water partition coefficient (Wildman–Crippen LogP) is 2.57. The second kappa shape index (κ2) is 11.2. The zero-order valence-corrected chi connectivity index (χ0v) is 18.6. The Morgan fingerprint density at radius 1 is 1.19 bits per heavy atom. The average molecular weight is 424 g/mol. The molecular formula is C24H33N5O2. The Balaban J connectivity index is 1.47. The maximum Gasteiger partial charge on any atom is 0.251 e. The van der Waals surface area contributed by atoms with Crippen LogP contribution in [0.5, 0.6) is 5.75 Å². The summed E-state index contributed by atoms with van der Waals surface area (Å²) in [6.07, 6.45) is 1.06. The molecule has 1 amide bonds. The van der Waals surface area contributed by atoms with Crippen molar-refractivity contribution in [2.45, 2.75) is 26.3 Å². The van der Waals surface area contributed by atoms with E-state index in [1.165, 1.54) is 11.3 Å². The van der Waals surface area contributed by atoms with Crippen LogP contribution in [-0.4, -0.2) is 57.7 Å². The van der Waals surface area contributed by atoms with Crippen LogP contribution in [0.15, 0.2) is 53.5 Å². The molecule has 7 heteroatoms. The van der Waals surface area contributed by atoms with E-state index in [4.69, 9.17) is 4.74 Å². The standard InChI is InChI=1S/C24H33N5O2/c1-4-25-24(27-14-13-26-23(30)19-6-5-7-22(16-19)31-3)28-20-12-15-29(17-20)21-10-8-18(2)9-11-21/h5-11,16,20H,4,12-15,17H2,1-3H3,(H,26,30)(H2,25,27,28). The van der Waals surface area contributed by atoms with Gasteiger partial charge in [0.15, 0.2) is 5.96 Å². The molecule has 2 aromatic carbocycles. The molecule has 31 heavy (non-hydrogen) atoms. The number of aryl methyl sites for hydroxylation is 1. The third kappa shape index (κ3) is 6.64. The Hall–Kier alpha value is -3.22. The molecule has 1 fully saturated rings. The molecule has 0 saturated carbocycles. The Morgan fingerprint density at radius 2 is 2.00 bits per heavy atom. The van der Waals surface area contributed by atoms with Crippen molar-refractivity contribution < 1.29 is 9.53 Å². The van der Waals surface area contributed by atoms with E-state index >= 15 is 0 Å². The zero-order valence-electron chi connectivity index (χ0n) is 18.6. The molecule has 1 unspecified atom stereocenters. The van der Waals surface area contributed by atoms with Crippen molar-refractivity contribution in [2.75, 3.05) is 44.7 Å². The SMILES string of the molecule is CCNC(=NCCNC(=O)c1cccc(OC)c1)NC1CCN(c2ccc(C)cc2)C1. The number of carbonyl (C=O) groups excluding carboxylic acids is 1. The largest absolute Gasteiger partial charge is 0.497 e. The molecular weight excluding hydrogens is 390 g/mol. The van der Waals surface area contributed by atoms with Gasteiger partial charge in [0.2, 0.25) is 0 Å². The lowest BCUT2D eigenvalue weighted by molar-refractivity contribution is 0.0954. The second-order valence-corrected chi connectivity index (χ2v) is 7.66. The maximum atomic E-state index is 12.3. The van der Waals surface area contributed by atoms with Gasteiger partial charge < -0.3 is 25.6 Å². The monoisotopic (exact) mass is 423 g/mol. The van der Waals surface area contributed by atoms with Crippen LogP contribution in [0.1, 0.15) is 29.3 Å². The molecule has 1 heterocycles. The molecule has 3 rings (SSSR count). The van der Waals surface area contributed by atoms with E-state index in [-0.39, 0.29) is 5.91 Å². The smallest absolute Gasteiger partial charge is 0.251 e. The maximum absolute atomic E-state index is 12.3. The van der Waals surface area contributed by atoms with E-state index in [1.807, 2.05) is 6.07 Å². The second-order valence-electron chi connectivity index (χ2n) is 7.66. The van der Waals surface area contributed by atoms with E-state index in [0.29, 0.717) is 30.4 Å². The molecule has 1 atom stereocenters. The van der Waals surface area contributed by atoms with Crippen LogP contribution in [0.4, 0.5) is 5.69 Å². The van der Waals surface area contributed by atoms with Crippen molar-refractivity contribution in [1.82, 2.24) is 16.0 Å². The van der Waals surface area contributed by atoms with Crippen LogP contribution in [-0.2, 0) is 0 Å². The minimum absolute atomic E-state index is 0.128. The van der Waals surface area contributed by atoms with Crippen LogP contribution in [0.2, 0.25) is 0 Å². The van der Waals surface area contributed by atoms with Crippen molar-refractivity contribution in [3.8, 4) is 5.75 Å². The van der Waals surface area contributed by atoms with Crippen LogP contribution < -0.4 is 25.6 Å². The molecule has 0 aromatic heterocycles. The quantitative estimate of drug-likeness (QED) is 0.346. The van der Waals surface area contributed by atoms with Crippen LogP contribution in [0, 0.1) is 6.92 Å². The third-order valence-electron chi connectivity index (χ3n) is 5.27. The van der Waals surface area contributed by atoms with Crippen LogP contribution in [0.25, 0.3) is 0 Å². The Labute approximate surface area is 184 Å². The topological polar surface area (TPSA) is 78.0 Å². The number of aliphatic imine (C=N–C) groups is 1. The lowest BCUT2D eigenvalue weighted by Gasteiger charge is -2.20. The van der Waals surface area contributed by atoms with Gasteiger partial charge in [-0.3, -0.25) is 9.79 Å². The van der Waals surface area contributed by atoms with Gasteiger partial charge in [0, 0.05) is 43.5 Å². The number of nitrogens with one attached hydrogen (secondary N) is 3. The van der Waals surface area contributed by atoms with E-state index < -0.39 is 0 Å². The first-order valence-electron chi connectivity index (χ1n) is 10.9. The van der Waals surface area contributed by atoms with Crippen molar-refractivity contribution in [3.05, 3.63) is 59.7 Å². The van der Waals surface area contributed by atoms with Crippen molar-refractivity contribution in [1.29, 1.82) is 0 Å². The van der Waals surface area contributed by atoms with Gasteiger partial charge in [0.1, 0.15) is 5.75 Å². The number of hydrogen-bond donors (Lipinski definition) is 3. The fourth-order valence-corrected chi connectivity index (χ4v) is 3.59. The first-order chi connectivity index (χ1) is 15.1. The van der Waals surface area contributed by atoms with Gasteiger partial charge in [0.05, 0.1) is 13.7 Å². The minimum atomic E-state index is -0.128. The van der Waals surface area contributed by atoms with Crippen molar-refractivity contribution in [2.24, 2.45) is 4.99 Å². The number of ether oxygens (including phenoxy) is 1. The molecule has 0 bridgehead atoms. The third-order valence-corrected chi connectivity index (χ3v) is 5.27. The summed E-state index contributed by atoms with van der Waals surface area (Å²) in [5, 5.41) is 9.74. The molecule has 0 radical (unpaired) electrons. The summed E-state index contributed by atoms with van der Waals surface area (Å²) in [5.74, 6) is 1.33. The molecule has 166 valence electrons. The fraction of sp³-hybridized carbons (Fsp3) is 0.417. The zero-order chi connectivity index (χ0) is 22.1. The van der Waals surface area contributed by atoms with E-state index in [2.05, 4.69) is 64.0 Å². The van der Waals surface area contributed by atoms with Crippen LogP contribution in [0.3, 0.4) is 0 Å².